The van der Waals surface area contributed by atoms with E-state index < -0.39 is 0 Å². The Morgan fingerprint density at radius 2 is 2.11 bits per heavy atom. The van der Waals surface area contributed by atoms with Gasteiger partial charge in [-0.3, -0.25) is 4.90 Å². The topological polar surface area (TPSA) is 34.0 Å². The molecule has 1 fully saturated rings. The van der Waals surface area contributed by atoms with Crippen LogP contribution in [0, 0.1) is 0 Å². The Bertz CT molecular complexity index is 617. The Hall–Kier alpha value is -0.940. The molecule has 2 aromatic heterocycles. The van der Waals surface area contributed by atoms with Crippen LogP contribution in [0.25, 0.3) is 11.2 Å². The zero-order chi connectivity index (χ0) is 12.8. The fourth-order valence-electron chi connectivity index (χ4n) is 3.17. The molecule has 1 saturated carbocycles. The van der Waals surface area contributed by atoms with Gasteiger partial charge in [0, 0.05) is 42.8 Å². The van der Waals surface area contributed by atoms with Crippen molar-refractivity contribution in [2.45, 2.75) is 38.3 Å². The molecule has 0 bridgehead atoms. The standard InChI is InChI=1S/C14H17BrN4/c15-10-8-12-14(16-9-10)17-13-4-5-18(6-7-19(12)13)11-2-1-3-11/h8-9,11H,1-7H2. The summed E-state index contributed by atoms with van der Waals surface area (Å²) in [6.45, 7) is 3.34. The molecule has 0 saturated heterocycles. The Kier molecular flexibility index (Phi) is 2.84. The highest BCUT2D eigenvalue weighted by atomic mass is 79.9. The van der Waals surface area contributed by atoms with Gasteiger partial charge < -0.3 is 4.57 Å². The second-order valence-electron chi connectivity index (χ2n) is 5.55. The van der Waals surface area contributed by atoms with E-state index in [9.17, 15) is 0 Å². The molecule has 5 heteroatoms. The summed E-state index contributed by atoms with van der Waals surface area (Å²) in [5, 5.41) is 0. The van der Waals surface area contributed by atoms with Gasteiger partial charge in [-0.15, -0.1) is 0 Å². The van der Waals surface area contributed by atoms with Crippen LogP contribution in [0.1, 0.15) is 25.1 Å². The molecule has 4 nitrogen and oxygen atoms in total. The number of imidazole rings is 1. The minimum atomic E-state index is 0.834. The first-order valence-electron chi connectivity index (χ1n) is 7.06. The molecule has 0 spiro atoms. The molecule has 0 N–H and O–H groups in total. The van der Waals surface area contributed by atoms with Crippen LogP contribution in [0.15, 0.2) is 16.7 Å². The lowest BCUT2D eigenvalue weighted by molar-refractivity contribution is 0.130. The van der Waals surface area contributed by atoms with E-state index in [1.807, 2.05) is 6.20 Å². The van der Waals surface area contributed by atoms with Crippen LogP contribution in [0.5, 0.6) is 0 Å². The number of rotatable bonds is 1. The third-order valence-electron chi connectivity index (χ3n) is 4.48. The zero-order valence-electron chi connectivity index (χ0n) is 10.8. The Morgan fingerprint density at radius 3 is 2.89 bits per heavy atom. The summed E-state index contributed by atoms with van der Waals surface area (Å²) >= 11 is 3.51. The van der Waals surface area contributed by atoms with Crippen molar-refractivity contribution in [1.82, 2.24) is 19.4 Å². The summed E-state index contributed by atoms with van der Waals surface area (Å²) in [5.41, 5.74) is 2.05. The molecular formula is C14H17BrN4. The van der Waals surface area contributed by atoms with E-state index >= 15 is 0 Å². The van der Waals surface area contributed by atoms with E-state index in [0.29, 0.717) is 0 Å². The number of halogens is 1. The molecule has 0 atom stereocenters. The second kappa shape index (κ2) is 4.56. The fraction of sp³-hybridized carbons (Fsp3) is 0.571. The van der Waals surface area contributed by atoms with Crippen molar-refractivity contribution in [2.24, 2.45) is 0 Å². The normalized spacial score (nSPS) is 21.1. The second-order valence-corrected chi connectivity index (χ2v) is 6.46. The lowest BCUT2D eigenvalue weighted by Crippen LogP contribution is -2.41. The van der Waals surface area contributed by atoms with Gasteiger partial charge in [-0.05, 0) is 34.8 Å². The molecule has 4 rings (SSSR count). The highest BCUT2D eigenvalue weighted by Crippen LogP contribution is 2.27. The van der Waals surface area contributed by atoms with Gasteiger partial charge >= 0.3 is 0 Å². The number of hydrogen-bond acceptors (Lipinski definition) is 3. The van der Waals surface area contributed by atoms with Crippen molar-refractivity contribution in [1.29, 1.82) is 0 Å². The minimum Gasteiger partial charge on any atom is -0.325 e. The smallest absolute Gasteiger partial charge is 0.177 e. The average molecular weight is 321 g/mol. The average Bonchev–Trinajstić information content (AvgIpc) is 2.54. The molecule has 0 unspecified atom stereocenters. The van der Waals surface area contributed by atoms with Crippen molar-refractivity contribution in [3.8, 4) is 0 Å². The van der Waals surface area contributed by atoms with Gasteiger partial charge in [0.25, 0.3) is 0 Å². The van der Waals surface area contributed by atoms with Gasteiger partial charge in [-0.1, -0.05) is 6.42 Å². The van der Waals surface area contributed by atoms with E-state index in [4.69, 9.17) is 4.98 Å². The van der Waals surface area contributed by atoms with Crippen LogP contribution in [0.4, 0.5) is 0 Å². The Balaban J connectivity index is 1.67. The molecule has 2 aromatic rings. The summed E-state index contributed by atoms with van der Waals surface area (Å²) in [7, 11) is 0. The molecule has 1 aliphatic carbocycles. The predicted octanol–water partition coefficient (Wildman–Crippen LogP) is 2.60. The van der Waals surface area contributed by atoms with E-state index in [1.54, 1.807) is 0 Å². The summed E-state index contributed by atoms with van der Waals surface area (Å²) in [4.78, 5) is 11.7. The van der Waals surface area contributed by atoms with Crippen LogP contribution in [0.3, 0.4) is 0 Å². The highest BCUT2D eigenvalue weighted by molar-refractivity contribution is 9.10. The third kappa shape index (κ3) is 1.99. The summed E-state index contributed by atoms with van der Waals surface area (Å²) < 4.78 is 3.38. The molecule has 3 heterocycles. The van der Waals surface area contributed by atoms with Crippen molar-refractivity contribution >= 4 is 27.1 Å². The van der Waals surface area contributed by atoms with Crippen molar-refractivity contribution < 1.29 is 0 Å². The van der Waals surface area contributed by atoms with Crippen molar-refractivity contribution in [3.63, 3.8) is 0 Å². The SMILES string of the molecule is Brc1cnc2nc3n(c2c1)CCN(C1CCC1)CC3. The van der Waals surface area contributed by atoms with Gasteiger partial charge in [0.05, 0.1) is 5.52 Å². The van der Waals surface area contributed by atoms with Crippen LogP contribution < -0.4 is 0 Å². The molecule has 2 aliphatic rings. The maximum absolute atomic E-state index is 4.70. The van der Waals surface area contributed by atoms with Crippen molar-refractivity contribution in [2.75, 3.05) is 13.1 Å². The van der Waals surface area contributed by atoms with Gasteiger partial charge in [0.2, 0.25) is 0 Å². The number of hydrogen-bond donors (Lipinski definition) is 0. The van der Waals surface area contributed by atoms with Crippen LogP contribution in [-0.4, -0.2) is 38.6 Å². The fourth-order valence-corrected chi connectivity index (χ4v) is 3.49. The van der Waals surface area contributed by atoms with E-state index in [2.05, 4.69) is 36.4 Å². The van der Waals surface area contributed by atoms with E-state index in [0.717, 1.165) is 42.2 Å². The molecule has 100 valence electrons. The Labute approximate surface area is 121 Å². The van der Waals surface area contributed by atoms with Gasteiger partial charge in [0.15, 0.2) is 5.65 Å². The number of pyridine rings is 1. The molecule has 0 aromatic carbocycles. The van der Waals surface area contributed by atoms with Gasteiger partial charge in [-0.2, -0.15) is 0 Å². The van der Waals surface area contributed by atoms with Gasteiger partial charge in [-0.25, -0.2) is 9.97 Å². The van der Waals surface area contributed by atoms with E-state index in [-0.39, 0.29) is 0 Å². The highest BCUT2D eigenvalue weighted by Gasteiger charge is 2.27. The quantitative estimate of drug-likeness (QED) is 0.810. The molecule has 0 amide bonds. The summed E-state index contributed by atoms with van der Waals surface area (Å²) in [6, 6.07) is 2.97. The Morgan fingerprint density at radius 1 is 1.21 bits per heavy atom. The largest absolute Gasteiger partial charge is 0.325 e. The van der Waals surface area contributed by atoms with Crippen LogP contribution >= 0.6 is 15.9 Å². The first kappa shape index (κ1) is 11.9. The first-order valence-corrected chi connectivity index (χ1v) is 7.85. The maximum atomic E-state index is 4.70. The monoisotopic (exact) mass is 320 g/mol. The van der Waals surface area contributed by atoms with E-state index in [1.165, 1.54) is 30.6 Å². The lowest BCUT2D eigenvalue weighted by Gasteiger charge is -2.36. The maximum Gasteiger partial charge on any atom is 0.177 e. The molecular weight excluding hydrogens is 304 g/mol. The minimum absolute atomic E-state index is 0.834. The summed E-state index contributed by atoms with van der Waals surface area (Å²) in [6.07, 6.45) is 7.05. The first-order chi connectivity index (χ1) is 9.31. The molecule has 0 radical (unpaired) electrons. The van der Waals surface area contributed by atoms with Gasteiger partial charge in [0.1, 0.15) is 5.82 Å². The van der Waals surface area contributed by atoms with Crippen LogP contribution in [-0.2, 0) is 13.0 Å². The van der Waals surface area contributed by atoms with Crippen LogP contribution in [0.2, 0.25) is 0 Å². The number of aromatic nitrogens is 3. The molecule has 1 aliphatic heterocycles. The third-order valence-corrected chi connectivity index (χ3v) is 4.91. The number of fused-ring (bicyclic) bond motifs is 3. The van der Waals surface area contributed by atoms with Crippen molar-refractivity contribution in [3.05, 3.63) is 22.6 Å². The molecule has 19 heavy (non-hydrogen) atoms. The summed E-state index contributed by atoms with van der Waals surface area (Å²) in [5.74, 6) is 1.20. The number of nitrogens with zero attached hydrogens (tertiary/aromatic N) is 4. The lowest BCUT2D eigenvalue weighted by atomic mass is 9.91. The predicted molar refractivity (Wildman–Crippen MR) is 78.1 cm³/mol. The zero-order valence-corrected chi connectivity index (χ0v) is 12.4.